The molecule has 0 N–H and O–H groups in total. The van der Waals surface area contributed by atoms with Gasteiger partial charge in [0.15, 0.2) is 0 Å². The van der Waals surface area contributed by atoms with Gasteiger partial charge in [-0.25, -0.2) is 4.90 Å². The zero-order valence-electron chi connectivity index (χ0n) is 17.8. The van der Waals surface area contributed by atoms with E-state index in [2.05, 4.69) is 0 Å². The highest BCUT2D eigenvalue weighted by molar-refractivity contribution is 6.45. The van der Waals surface area contributed by atoms with Crippen LogP contribution in [0.25, 0.3) is 5.57 Å². The van der Waals surface area contributed by atoms with Gasteiger partial charge in [0.25, 0.3) is 11.8 Å². The predicted octanol–water partition coefficient (Wildman–Crippen LogP) is 4.42. The van der Waals surface area contributed by atoms with Crippen molar-refractivity contribution in [2.45, 2.75) is 13.5 Å². The minimum Gasteiger partial charge on any atom is -0.496 e. The molecule has 156 valence electrons. The molecular weight excluding hydrogens is 388 g/mol. The van der Waals surface area contributed by atoms with Gasteiger partial charge in [-0.05, 0) is 36.2 Å². The van der Waals surface area contributed by atoms with Gasteiger partial charge in [-0.3, -0.25) is 9.59 Å². The second-order valence-corrected chi connectivity index (χ2v) is 7.55. The van der Waals surface area contributed by atoms with E-state index in [1.54, 1.807) is 19.2 Å². The third-order valence-corrected chi connectivity index (χ3v) is 5.34. The molecule has 5 heteroatoms. The minimum absolute atomic E-state index is 0.338. The number of carbonyl (C=O) groups excluding carboxylic acids is 2. The van der Waals surface area contributed by atoms with Crippen LogP contribution in [0.4, 0.5) is 5.69 Å². The van der Waals surface area contributed by atoms with Crippen molar-refractivity contribution in [1.29, 1.82) is 0 Å². The average Bonchev–Trinajstić information content (AvgIpc) is 3.04. The molecule has 0 fully saturated rings. The van der Waals surface area contributed by atoms with Crippen LogP contribution in [0, 0.1) is 6.92 Å². The SMILES string of the molecule is COc1ccccc1C1=C(N(C)Cc2ccccc2)C(=O)N(c2cccc(C)c2)C1=O. The molecule has 0 saturated carbocycles. The highest BCUT2D eigenvalue weighted by atomic mass is 16.5. The van der Waals surface area contributed by atoms with E-state index in [1.807, 2.05) is 85.6 Å². The summed E-state index contributed by atoms with van der Waals surface area (Å²) in [5.41, 5.74) is 3.90. The van der Waals surface area contributed by atoms with Gasteiger partial charge >= 0.3 is 0 Å². The smallest absolute Gasteiger partial charge is 0.282 e. The summed E-state index contributed by atoms with van der Waals surface area (Å²) in [6.45, 7) is 2.43. The third-order valence-electron chi connectivity index (χ3n) is 5.34. The summed E-state index contributed by atoms with van der Waals surface area (Å²) in [4.78, 5) is 30.3. The lowest BCUT2D eigenvalue weighted by Crippen LogP contribution is -2.34. The molecule has 0 bridgehead atoms. The lowest BCUT2D eigenvalue weighted by molar-refractivity contribution is -0.120. The van der Waals surface area contributed by atoms with Crippen molar-refractivity contribution in [2.75, 3.05) is 19.1 Å². The summed E-state index contributed by atoms with van der Waals surface area (Å²) >= 11 is 0. The van der Waals surface area contributed by atoms with E-state index in [0.717, 1.165) is 11.1 Å². The van der Waals surface area contributed by atoms with Crippen molar-refractivity contribution >= 4 is 23.1 Å². The van der Waals surface area contributed by atoms with Crippen LogP contribution in [0.5, 0.6) is 5.75 Å². The van der Waals surface area contributed by atoms with Crippen LogP contribution in [-0.4, -0.2) is 30.9 Å². The summed E-state index contributed by atoms with van der Waals surface area (Å²) in [5.74, 6) is -0.139. The van der Waals surface area contributed by atoms with Gasteiger partial charge in [0, 0.05) is 19.2 Å². The number of para-hydroxylation sites is 1. The number of likely N-dealkylation sites (N-methyl/N-ethyl adjacent to an activating group) is 1. The van der Waals surface area contributed by atoms with Crippen LogP contribution in [-0.2, 0) is 16.1 Å². The van der Waals surface area contributed by atoms with E-state index in [-0.39, 0.29) is 11.8 Å². The number of benzene rings is 3. The number of nitrogens with zero attached hydrogens (tertiary/aromatic N) is 2. The molecule has 0 unspecified atom stereocenters. The summed E-state index contributed by atoms with van der Waals surface area (Å²) in [6, 6.07) is 24.6. The zero-order valence-corrected chi connectivity index (χ0v) is 17.8. The molecular formula is C26H24N2O3. The van der Waals surface area contributed by atoms with Crippen LogP contribution < -0.4 is 9.64 Å². The molecule has 4 rings (SSSR count). The molecule has 31 heavy (non-hydrogen) atoms. The molecule has 0 aliphatic carbocycles. The van der Waals surface area contributed by atoms with Gasteiger partial charge in [0.2, 0.25) is 0 Å². The largest absolute Gasteiger partial charge is 0.496 e. The molecule has 1 aliphatic rings. The maximum atomic E-state index is 13.6. The van der Waals surface area contributed by atoms with Gasteiger partial charge < -0.3 is 9.64 Å². The summed E-state index contributed by atoms with van der Waals surface area (Å²) in [7, 11) is 3.40. The molecule has 0 saturated heterocycles. The first-order chi connectivity index (χ1) is 15.0. The standard InChI is InChI=1S/C26H24N2O3/c1-18-10-9-13-20(16-18)28-25(29)23(21-14-7-8-15-22(21)31-3)24(26(28)30)27(2)17-19-11-5-4-6-12-19/h4-16H,17H2,1-3H3. The fourth-order valence-corrected chi connectivity index (χ4v) is 3.90. The summed E-state index contributed by atoms with van der Waals surface area (Å²) < 4.78 is 5.51. The number of hydrogen-bond donors (Lipinski definition) is 0. The second-order valence-electron chi connectivity index (χ2n) is 7.55. The maximum absolute atomic E-state index is 13.6. The van der Waals surface area contributed by atoms with Crippen LogP contribution in [0.1, 0.15) is 16.7 Å². The molecule has 2 amide bonds. The normalized spacial score (nSPS) is 13.7. The first-order valence-corrected chi connectivity index (χ1v) is 10.1. The van der Waals surface area contributed by atoms with Crippen LogP contribution in [0.15, 0.2) is 84.6 Å². The Labute approximate surface area is 182 Å². The number of ether oxygens (including phenoxy) is 1. The van der Waals surface area contributed by atoms with Crippen molar-refractivity contribution in [2.24, 2.45) is 0 Å². The van der Waals surface area contributed by atoms with E-state index in [4.69, 9.17) is 4.74 Å². The van der Waals surface area contributed by atoms with E-state index >= 15 is 0 Å². The van der Waals surface area contributed by atoms with Crippen LogP contribution in [0.2, 0.25) is 0 Å². The van der Waals surface area contributed by atoms with Crippen molar-refractivity contribution in [3.05, 3.63) is 101 Å². The van der Waals surface area contributed by atoms with Gasteiger partial charge in [-0.2, -0.15) is 0 Å². The number of aryl methyl sites for hydroxylation is 1. The molecule has 1 heterocycles. The van der Waals surface area contributed by atoms with E-state index < -0.39 is 0 Å². The number of rotatable bonds is 6. The van der Waals surface area contributed by atoms with Gasteiger partial charge in [-0.1, -0.05) is 60.7 Å². The molecule has 0 atom stereocenters. The number of imide groups is 1. The predicted molar refractivity (Wildman–Crippen MR) is 121 cm³/mol. The Morgan fingerprint density at radius 3 is 2.29 bits per heavy atom. The van der Waals surface area contributed by atoms with E-state index in [0.29, 0.717) is 34.8 Å². The second kappa shape index (κ2) is 8.48. The fourth-order valence-electron chi connectivity index (χ4n) is 3.90. The Bertz CT molecular complexity index is 1170. The lowest BCUT2D eigenvalue weighted by Gasteiger charge is -2.22. The fraction of sp³-hybridized carbons (Fsp3) is 0.154. The number of hydrogen-bond acceptors (Lipinski definition) is 4. The minimum atomic E-state index is -0.352. The Hall–Kier alpha value is -3.86. The molecule has 5 nitrogen and oxygen atoms in total. The number of methoxy groups -OCH3 is 1. The number of amides is 2. The molecule has 3 aromatic carbocycles. The van der Waals surface area contributed by atoms with E-state index in [1.165, 1.54) is 4.90 Å². The zero-order chi connectivity index (χ0) is 22.0. The van der Waals surface area contributed by atoms with E-state index in [9.17, 15) is 9.59 Å². The topological polar surface area (TPSA) is 49.9 Å². The lowest BCUT2D eigenvalue weighted by atomic mass is 10.0. The van der Waals surface area contributed by atoms with Gasteiger partial charge in [0.1, 0.15) is 11.4 Å². The molecule has 0 spiro atoms. The Kier molecular flexibility index (Phi) is 5.58. The van der Waals surface area contributed by atoms with Crippen molar-refractivity contribution in [3.8, 4) is 5.75 Å². The molecule has 1 aliphatic heterocycles. The van der Waals surface area contributed by atoms with Crippen molar-refractivity contribution in [3.63, 3.8) is 0 Å². The maximum Gasteiger partial charge on any atom is 0.282 e. The third kappa shape index (κ3) is 3.82. The van der Waals surface area contributed by atoms with Crippen molar-refractivity contribution in [1.82, 2.24) is 4.90 Å². The van der Waals surface area contributed by atoms with Gasteiger partial charge in [-0.15, -0.1) is 0 Å². The Balaban J connectivity index is 1.85. The summed E-state index contributed by atoms with van der Waals surface area (Å²) in [6.07, 6.45) is 0. The molecule has 3 aromatic rings. The first-order valence-electron chi connectivity index (χ1n) is 10.1. The highest BCUT2D eigenvalue weighted by Crippen LogP contribution is 2.38. The molecule has 0 radical (unpaired) electrons. The number of carbonyl (C=O) groups is 2. The summed E-state index contributed by atoms with van der Waals surface area (Å²) in [5, 5.41) is 0. The Morgan fingerprint density at radius 1 is 0.871 bits per heavy atom. The Morgan fingerprint density at radius 2 is 1.58 bits per heavy atom. The highest BCUT2D eigenvalue weighted by Gasteiger charge is 2.42. The average molecular weight is 412 g/mol. The van der Waals surface area contributed by atoms with Gasteiger partial charge in [0.05, 0.1) is 18.4 Å². The van der Waals surface area contributed by atoms with Crippen molar-refractivity contribution < 1.29 is 14.3 Å². The monoisotopic (exact) mass is 412 g/mol. The first kappa shape index (κ1) is 20.4. The molecule has 0 aromatic heterocycles. The quantitative estimate of drug-likeness (QED) is 0.563. The van der Waals surface area contributed by atoms with Crippen LogP contribution >= 0.6 is 0 Å². The number of anilines is 1. The van der Waals surface area contributed by atoms with Crippen LogP contribution in [0.3, 0.4) is 0 Å².